The summed E-state index contributed by atoms with van der Waals surface area (Å²) in [6.45, 7) is 3.61. The van der Waals surface area contributed by atoms with Crippen molar-refractivity contribution in [2.45, 2.75) is 12.5 Å². The van der Waals surface area contributed by atoms with Gasteiger partial charge in [0.1, 0.15) is 0 Å². The quantitative estimate of drug-likeness (QED) is 0.824. The first kappa shape index (κ1) is 11.8. The largest absolute Gasteiger partial charge is 0.465 e. The molecule has 1 amide bonds. The van der Waals surface area contributed by atoms with Gasteiger partial charge in [0.05, 0.1) is 6.04 Å². The topological polar surface area (TPSA) is 49.3 Å². The minimum Gasteiger partial charge on any atom is -0.465 e. The number of benzene rings is 1. The molecule has 1 rings (SSSR count). The SMILES string of the molecule is C=CCC(NC(=O)O)c1ccccc1Br. The van der Waals surface area contributed by atoms with Crippen LogP contribution in [0.2, 0.25) is 0 Å². The zero-order valence-electron chi connectivity index (χ0n) is 8.11. The normalized spacial score (nSPS) is 11.8. The third-order valence-electron chi connectivity index (χ3n) is 1.98. The van der Waals surface area contributed by atoms with Crippen LogP contribution in [0.15, 0.2) is 41.4 Å². The van der Waals surface area contributed by atoms with E-state index in [4.69, 9.17) is 5.11 Å². The van der Waals surface area contributed by atoms with E-state index in [1.54, 1.807) is 6.08 Å². The Labute approximate surface area is 96.9 Å². The van der Waals surface area contributed by atoms with Gasteiger partial charge in [-0.25, -0.2) is 4.79 Å². The number of rotatable bonds is 4. The Morgan fingerprint density at radius 2 is 2.27 bits per heavy atom. The molecule has 0 aliphatic rings. The number of hydrogen-bond acceptors (Lipinski definition) is 1. The zero-order chi connectivity index (χ0) is 11.3. The molecular weight excluding hydrogens is 258 g/mol. The third-order valence-corrected chi connectivity index (χ3v) is 2.70. The van der Waals surface area contributed by atoms with Crippen molar-refractivity contribution >= 4 is 22.0 Å². The third kappa shape index (κ3) is 3.40. The zero-order valence-corrected chi connectivity index (χ0v) is 9.70. The number of carboxylic acid groups (broad SMARTS) is 1. The van der Waals surface area contributed by atoms with Gasteiger partial charge in [0, 0.05) is 4.47 Å². The van der Waals surface area contributed by atoms with Crippen LogP contribution in [-0.4, -0.2) is 11.2 Å². The molecule has 80 valence electrons. The molecule has 2 N–H and O–H groups in total. The highest BCUT2D eigenvalue weighted by molar-refractivity contribution is 9.10. The van der Waals surface area contributed by atoms with Crippen LogP contribution in [0.1, 0.15) is 18.0 Å². The van der Waals surface area contributed by atoms with Crippen LogP contribution >= 0.6 is 15.9 Å². The van der Waals surface area contributed by atoms with Gasteiger partial charge in [0.25, 0.3) is 0 Å². The van der Waals surface area contributed by atoms with Crippen LogP contribution < -0.4 is 5.32 Å². The fourth-order valence-electron chi connectivity index (χ4n) is 1.34. The van der Waals surface area contributed by atoms with Crippen LogP contribution in [0, 0.1) is 0 Å². The average molecular weight is 270 g/mol. The van der Waals surface area contributed by atoms with Crippen LogP contribution in [0.5, 0.6) is 0 Å². The number of nitrogens with one attached hydrogen (secondary N) is 1. The monoisotopic (exact) mass is 269 g/mol. The highest BCUT2D eigenvalue weighted by Gasteiger charge is 2.14. The van der Waals surface area contributed by atoms with E-state index in [1.807, 2.05) is 24.3 Å². The maximum Gasteiger partial charge on any atom is 0.405 e. The predicted octanol–water partition coefficient (Wildman–Crippen LogP) is 3.33. The van der Waals surface area contributed by atoms with E-state index in [-0.39, 0.29) is 6.04 Å². The standard InChI is InChI=1S/C11H12BrNO2/c1-2-5-10(13-11(14)15)8-6-3-4-7-9(8)12/h2-4,6-7,10,13H,1,5H2,(H,14,15). The fourth-order valence-corrected chi connectivity index (χ4v) is 1.90. The van der Waals surface area contributed by atoms with Crippen molar-refractivity contribution in [2.75, 3.05) is 0 Å². The minimum atomic E-state index is -1.03. The second-order valence-electron chi connectivity index (χ2n) is 3.05. The summed E-state index contributed by atoms with van der Waals surface area (Å²) >= 11 is 3.39. The molecule has 1 atom stereocenters. The van der Waals surface area contributed by atoms with Crippen molar-refractivity contribution in [3.05, 3.63) is 47.0 Å². The Morgan fingerprint density at radius 1 is 1.60 bits per heavy atom. The molecule has 0 saturated heterocycles. The van der Waals surface area contributed by atoms with Crippen LogP contribution in [0.4, 0.5) is 4.79 Å². The molecule has 0 aliphatic heterocycles. The lowest BCUT2D eigenvalue weighted by molar-refractivity contribution is 0.190. The Hall–Kier alpha value is -1.29. The van der Waals surface area contributed by atoms with Gasteiger partial charge in [-0.1, -0.05) is 40.2 Å². The Kier molecular flexibility index (Phi) is 4.37. The molecule has 0 radical (unpaired) electrons. The lowest BCUT2D eigenvalue weighted by Gasteiger charge is -2.16. The van der Waals surface area contributed by atoms with E-state index in [2.05, 4.69) is 27.8 Å². The number of carbonyl (C=O) groups is 1. The summed E-state index contributed by atoms with van der Waals surface area (Å²) in [5, 5.41) is 11.2. The first-order chi connectivity index (χ1) is 7.15. The molecule has 0 bridgehead atoms. The summed E-state index contributed by atoms with van der Waals surface area (Å²) in [7, 11) is 0. The molecule has 1 aromatic rings. The first-order valence-corrected chi connectivity index (χ1v) is 5.29. The number of amides is 1. The van der Waals surface area contributed by atoms with Crippen molar-refractivity contribution in [3.8, 4) is 0 Å². The summed E-state index contributed by atoms with van der Waals surface area (Å²) in [4.78, 5) is 10.6. The Balaban J connectivity index is 2.92. The molecule has 0 fully saturated rings. The van der Waals surface area contributed by atoms with E-state index in [0.29, 0.717) is 6.42 Å². The summed E-state index contributed by atoms with van der Waals surface area (Å²) in [6, 6.07) is 7.28. The van der Waals surface area contributed by atoms with Crippen molar-refractivity contribution in [2.24, 2.45) is 0 Å². The molecule has 0 heterocycles. The molecule has 0 aliphatic carbocycles. The molecule has 4 heteroatoms. The minimum absolute atomic E-state index is 0.254. The highest BCUT2D eigenvalue weighted by atomic mass is 79.9. The Morgan fingerprint density at radius 3 is 2.80 bits per heavy atom. The van der Waals surface area contributed by atoms with Crippen LogP contribution in [0.25, 0.3) is 0 Å². The summed E-state index contributed by atoms with van der Waals surface area (Å²) in [6.07, 6.45) is 1.23. The van der Waals surface area contributed by atoms with E-state index in [0.717, 1.165) is 10.0 Å². The summed E-state index contributed by atoms with van der Waals surface area (Å²) < 4.78 is 0.894. The van der Waals surface area contributed by atoms with E-state index in [1.165, 1.54) is 0 Å². The lowest BCUT2D eigenvalue weighted by atomic mass is 10.0. The van der Waals surface area contributed by atoms with Crippen molar-refractivity contribution in [1.82, 2.24) is 5.32 Å². The molecule has 0 spiro atoms. The molecule has 0 aromatic heterocycles. The maximum atomic E-state index is 10.6. The molecule has 0 saturated carbocycles. The molecular formula is C11H12BrNO2. The number of hydrogen-bond donors (Lipinski definition) is 2. The van der Waals surface area contributed by atoms with Crippen LogP contribution in [0.3, 0.4) is 0 Å². The van der Waals surface area contributed by atoms with Gasteiger partial charge < -0.3 is 10.4 Å². The second-order valence-corrected chi connectivity index (χ2v) is 3.90. The van der Waals surface area contributed by atoms with E-state index in [9.17, 15) is 4.79 Å². The van der Waals surface area contributed by atoms with Gasteiger partial charge >= 0.3 is 6.09 Å². The van der Waals surface area contributed by atoms with Gasteiger partial charge in [-0.2, -0.15) is 0 Å². The molecule has 1 unspecified atom stereocenters. The van der Waals surface area contributed by atoms with Crippen molar-refractivity contribution in [1.29, 1.82) is 0 Å². The van der Waals surface area contributed by atoms with Gasteiger partial charge in [-0.05, 0) is 18.1 Å². The van der Waals surface area contributed by atoms with Crippen molar-refractivity contribution < 1.29 is 9.90 Å². The summed E-state index contributed by atoms with van der Waals surface area (Å²) in [5.74, 6) is 0. The summed E-state index contributed by atoms with van der Waals surface area (Å²) in [5.41, 5.74) is 0.916. The Bertz CT molecular complexity index is 365. The molecule has 15 heavy (non-hydrogen) atoms. The van der Waals surface area contributed by atoms with Crippen molar-refractivity contribution in [3.63, 3.8) is 0 Å². The smallest absolute Gasteiger partial charge is 0.405 e. The predicted molar refractivity (Wildman–Crippen MR) is 62.9 cm³/mol. The van der Waals surface area contributed by atoms with E-state index < -0.39 is 6.09 Å². The van der Waals surface area contributed by atoms with E-state index >= 15 is 0 Å². The lowest BCUT2D eigenvalue weighted by Crippen LogP contribution is -2.26. The average Bonchev–Trinajstić information content (AvgIpc) is 2.17. The van der Waals surface area contributed by atoms with Gasteiger partial charge in [-0.3, -0.25) is 0 Å². The van der Waals surface area contributed by atoms with Crippen LogP contribution in [-0.2, 0) is 0 Å². The first-order valence-electron chi connectivity index (χ1n) is 4.50. The maximum absolute atomic E-state index is 10.6. The second kappa shape index (κ2) is 5.56. The van der Waals surface area contributed by atoms with Gasteiger partial charge in [0.15, 0.2) is 0 Å². The highest BCUT2D eigenvalue weighted by Crippen LogP contribution is 2.25. The van der Waals surface area contributed by atoms with Gasteiger partial charge in [-0.15, -0.1) is 6.58 Å². The fraction of sp³-hybridized carbons (Fsp3) is 0.182. The molecule has 1 aromatic carbocycles. The number of halogens is 1. The molecule has 3 nitrogen and oxygen atoms in total. The van der Waals surface area contributed by atoms with Gasteiger partial charge in [0.2, 0.25) is 0 Å².